The van der Waals surface area contributed by atoms with Crippen LogP contribution in [0.25, 0.3) is 0 Å². The predicted molar refractivity (Wildman–Crippen MR) is 106 cm³/mol. The van der Waals surface area contributed by atoms with Crippen molar-refractivity contribution in [3.05, 3.63) is 60.7 Å². The van der Waals surface area contributed by atoms with Crippen LogP contribution in [-0.4, -0.2) is 43.2 Å². The Balaban J connectivity index is 1.38. The van der Waals surface area contributed by atoms with E-state index in [1.165, 1.54) is 11.3 Å². The van der Waals surface area contributed by atoms with E-state index in [4.69, 9.17) is 0 Å². The molecule has 0 N–H and O–H groups in total. The maximum absolute atomic E-state index is 12.3. The lowest BCUT2D eigenvalue weighted by atomic mass is 10.1. The molecule has 0 bridgehead atoms. The number of amides is 1. The zero-order valence-corrected chi connectivity index (χ0v) is 15.6. The molecule has 0 aliphatic carbocycles. The van der Waals surface area contributed by atoms with Gasteiger partial charge in [0, 0.05) is 30.1 Å². The molecular formula is C21H26N2OS. The highest BCUT2D eigenvalue weighted by Crippen LogP contribution is 2.25. The number of anilines is 1. The quantitative estimate of drug-likeness (QED) is 0.525. The fourth-order valence-corrected chi connectivity index (χ4v) is 4.19. The van der Waals surface area contributed by atoms with Gasteiger partial charge in [-0.05, 0) is 55.9 Å². The third-order valence-electron chi connectivity index (χ3n) is 4.54. The molecule has 1 amide bonds. The first kappa shape index (κ1) is 18.0. The van der Waals surface area contributed by atoms with Crippen molar-refractivity contribution >= 4 is 23.4 Å². The molecule has 4 heteroatoms. The predicted octanol–water partition coefficient (Wildman–Crippen LogP) is 4.15. The fourth-order valence-electron chi connectivity index (χ4n) is 3.33. The van der Waals surface area contributed by atoms with Crippen molar-refractivity contribution in [1.29, 1.82) is 0 Å². The summed E-state index contributed by atoms with van der Waals surface area (Å²) in [4.78, 5) is 17.9. The molecular weight excluding hydrogens is 328 g/mol. The molecule has 0 radical (unpaired) electrons. The standard InChI is InChI=1S/C21H26N2OS/c1-22(13-8-14-25-20-11-6-3-7-12-20)16-18-15-21(24)23(17-18)19-9-4-2-5-10-19/h2-7,9-12,18H,8,13-17H2,1H3. The van der Waals surface area contributed by atoms with Crippen molar-refractivity contribution in [2.75, 3.05) is 37.3 Å². The summed E-state index contributed by atoms with van der Waals surface area (Å²) in [5.41, 5.74) is 1.02. The Bertz CT molecular complexity index is 662. The lowest BCUT2D eigenvalue weighted by Gasteiger charge is -2.21. The van der Waals surface area contributed by atoms with Crippen molar-refractivity contribution in [2.45, 2.75) is 17.7 Å². The lowest BCUT2D eigenvalue weighted by Crippen LogP contribution is -2.29. The molecule has 1 aliphatic rings. The summed E-state index contributed by atoms with van der Waals surface area (Å²) in [7, 11) is 2.17. The molecule has 1 heterocycles. The first-order valence-corrected chi connectivity index (χ1v) is 9.93. The number of para-hydroxylation sites is 1. The molecule has 1 aliphatic heterocycles. The van der Waals surface area contributed by atoms with Gasteiger partial charge in [0.1, 0.15) is 0 Å². The maximum Gasteiger partial charge on any atom is 0.227 e. The van der Waals surface area contributed by atoms with E-state index in [0.29, 0.717) is 12.3 Å². The molecule has 132 valence electrons. The number of thioether (sulfide) groups is 1. The van der Waals surface area contributed by atoms with Crippen LogP contribution in [0.15, 0.2) is 65.6 Å². The Hall–Kier alpha value is -1.78. The normalized spacial score (nSPS) is 17.4. The number of rotatable bonds is 8. The molecule has 1 atom stereocenters. The van der Waals surface area contributed by atoms with E-state index in [1.54, 1.807) is 0 Å². The van der Waals surface area contributed by atoms with Gasteiger partial charge in [-0.3, -0.25) is 4.79 Å². The third-order valence-corrected chi connectivity index (χ3v) is 5.64. The maximum atomic E-state index is 12.3. The highest BCUT2D eigenvalue weighted by molar-refractivity contribution is 7.99. The van der Waals surface area contributed by atoms with Gasteiger partial charge in [-0.25, -0.2) is 0 Å². The first-order valence-electron chi connectivity index (χ1n) is 8.94. The fraction of sp³-hybridized carbons (Fsp3) is 0.381. The van der Waals surface area contributed by atoms with Crippen molar-refractivity contribution < 1.29 is 4.79 Å². The molecule has 3 nitrogen and oxygen atoms in total. The first-order chi connectivity index (χ1) is 12.2. The second-order valence-corrected chi connectivity index (χ2v) is 7.86. The zero-order chi connectivity index (χ0) is 17.5. The smallest absolute Gasteiger partial charge is 0.227 e. The van der Waals surface area contributed by atoms with Crippen LogP contribution in [0, 0.1) is 5.92 Å². The van der Waals surface area contributed by atoms with Crippen LogP contribution in [-0.2, 0) is 4.79 Å². The van der Waals surface area contributed by atoms with E-state index in [0.717, 1.165) is 31.1 Å². The number of hydrogen-bond donors (Lipinski definition) is 0. The molecule has 0 aromatic heterocycles. The average molecular weight is 355 g/mol. The van der Waals surface area contributed by atoms with Crippen molar-refractivity contribution in [3.8, 4) is 0 Å². The van der Waals surface area contributed by atoms with Crippen molar-refractivity contribution in [1.82, 2.24) is 4.90 Å². The highest BCUT2D eigenvalue weighted by atomic mass is 32.2. The van der Waals surface area contributed by atoms with Gasteiger partial charge in [-0.15, -0.1) is 11.8 Å². The summed E-state index contributed by atoms with van der Waals surface area (Å²) in [6.45, 7) is 2.91. The van der Waals surface area contributed by atoms with Gasteiger partial charge in [-0.2, -0.15) is 0 Å². The number of carbonyl (C=O) groups is 1. The van der Waals surface area contributed by atoms with Gasteiger partial charge >= 0.3 is 0 Å². The van der Waals surface area contributed by atoms with E-state index < -0.39 is 0 Å². The second-order valence-electron chi connectivity index (χ2n) is 6.69. The average Bonchev–Trinajstić information content (AvgIpc) is 3.00. The third kappa shape index (κ3) is 5.35. The number of nitrogens with zero attached hydrogens (tertiary/aromatic N) is 2. The molecule has 1 fully saturated rings. The van der Waals surface area contributed by atoms with E-state index in [9.17, 15) is 4.79 Å². The second kappa shape index (κ2) is 9.07. The van der Waals surface area contributed by atoms with Crippen LogP contribution in [0.5, 0.6) is 0 Å². The molecule has 1 unspecified atom stereocenters. The zero-order valence-electron chi connectivity index (χ0n) is 14.8. The molecule has 25 heavy (non-hydrogen) atoms. The van der Waals surface area contributed by atoms with E-state index >= 15 is 0 Å². The van der Waals surface area contributed by atoms with E-state index in [2.05, 4.69) is 42.3 Å². The van der Waals surface area contributed by atoms with Crippen LogP contribution in [0.2, 0.25) is 0 Å². The topological polar surface area (TPSA) is 23.6 Å². The minimum Gasteiger partial charge on any atom is -0.312 e. The largest absolute Gasteiger partial charge is 0.312 e. The Labute approximate surface area is 155 Å². The van der Waals surface area contributed by atoms with Gasteiger partial charge in [0.05, 0.1) is 0 Å². The van der Waals surface area contributed by atoms with Gasteiger partial charge in [-0.1, -0.05) is 36.4 Å². The summed E-state index contributed by atoms with van der Waals surface area (Å²) < 4.78 is 0. The summed E-state index contributed by atoms with van der Waals surface area (Å²) >= 11 is 1.91. The minimum atomic E-state index is 0.254. The molecule has 0 spiro atoms. The number of carbonyl (C=O) groups excluding carboxylic acids is 1. The van der Waals surface area contributed by atoms with Crippen LogP contribution < -0.4 is 4.90 Å². The van der Waals surface area contributed by atoms with Crippen molar-refractivity contribution in [3.63, 3.8) is 0 Å². The summed E-state index contributed by atoms with van der Waals surface area (Å²) in [5.74, 6) is 1.82. The SMILES string of the molecule is CN(CCCSc1ccccc1)CC1CC(=O)N(c2ccccc2)C1. The van der Waals surface area contributed by atoms with E-state index in [1.807, 2.05) is 47.0 Å². The van der Waals surface area contributed by atoms with Crippen molar-refractivity contribution in [2.24, 2.45) is 5.92 Å². The van der Waals surface area contributed by atoms with Crippen LogP contribution in [0.3, 0.4) is 0 Å². The van der Waals surface area contributed by atoms with Gasteiger partial charge in [0.25, 0.3) is 0 Å². The molecule has 2 aromatic rings. The van der Waals surface area contributed by atoms with Crippen LogP contribution >= 0.6 is 11.8 Å². The monoisotopic (exact) mass is 354 g/mol. The number of benzene rings is 2. The summed E-state index contributed by atoms with van der Waals surface area (Å²) in [6, 6.07) is 20.6. The molecule has 2 aromatic carbocycles. The highest BCUT2D eigenvalue weighted by Gasteiger charge is 2.30. The number of hydrogen-bond acceptors (Lipinski definition) is 3. The lowest BCUT2D eigenvalue weighted by molar-refractivity contribution is -0.117. The molecule has 3 rings (SSSR count). The Morgan fingerprint density at radius 2 is 1.76 bits per heavy atom. The van der Waals surface area contributed by atoms with E-state index in [-0.39, 0.29) is 5.91 Å². The Morgan fingerprint density at radius 1 is 1.08 bits per heavy atom. The van der Waals surface area contributed by atoms with Gasteiger partial charge in [0.2, 0.25) is 5.91 Å². The molecule has 0 saturated carbocycles. The summed E-state index contributed by atoms with van der Waals surface area (Å²) in [5, 5.41) is 0. The summed E-state index contributed by atoms with van der Waals surface area (Å²) in [6.07, 6.45) is 1.83. The Kier molecular flexibility index (Phi) is 6.54. The van der Waals surface area contributed by atoms with Gasteiger partial charge < -0.3 is 9.80 Å². The van der Waals surface area contributed by atoms with Gasteiger partial charge in [0.15, 0.2) is 0 Å². The molecule has 1 saturated heterocycles. The minimum absolute atomic E-state index is 0.254. The van der Waals surface area contributed by atoms with Crippen LogP contribution in [0.1, 0.15) is 12.8 Å². The Morgan fingerprint density at radius 3 is 2.48 bits per heavy atom. The van der Waals surface area contributed by atoms with Crippen LogP contribution in [0.4, 0.5) is 5.69 Å².